The summed E-state index contributed by atoms with van der Waals surface area (Å²) in [6, 6.07) is 7.31. The van der Waals surface area contributed by atoms with Crippen LogP contribution in [0.25, 0.3) is 0 Å². The van der Waals surface area contributed by atoms with E-state index in [0.717, 1.165) is 18.7 Å². The van der Waals surface area contributed by atoms with E-state index in [-0.39, 0.29) is 11.6 Å². The highest BCUT2D eigenvalue weighted by Crippen LogP contribution is 2.09. The quantitative estimate of drug-likeness (QED) is 0.811. The van der Waals surface area contributed by atoms with Gasteiger partial charge in [-0.3, -0.25) is 4.79 Å². The molecule has 0 saturated heterocycles. The lowest BCUT2D eigenvalue weighted by Gasteiger charge is -2.10. The lowest BCUT2D eigenvalue weighted by molar-refractivity contribution is 0.0945. The smallest absolute Gasteiger partial charge is 0.271 e. The Morgan fingerprint density at radius 1 is 1.17 bits per heavy atom. The van der Waals surface area contributed by atoms with Gasteiger partial charge in [-0.2, -0.15) is 0 Å². The summed E-state index contributed by atoms with van der Waals surface area (Å²) in [7, 11) is 4.00. The Labute approximate surface area is 140 Å². The zero-order valence-electron chi connectivity index (χ0n) is 13.2. The van der Waals surface area contributed by atoms with Crippen molar-refractivity contribution in [3.05, 3.63) is 52.9 Å². The summed E-state index contributed by atoms with van der Waals surface area (Å²) in [5, 5.41) is 6.62. The van der Waals surface area contributed by atoms with Crippen molar-refractivity contribution in [3.8, 4) is 0 Å². The maximum atomic E-state index is 12.0. The predicted molar refractivity (Wildman–Crippen MR) is 91.7 cm³/mol. The molecule has 0 bridgehead atoms. The van der Waals surface area contributed by atoms with Crippen LogP contribution in [0.5, 0.6) is 0 Å². The molecule has 1 heterocycles. The lowest BCUT2D eigenvalue weighted by atomic mass is 10.2. The molecule has 0 fully saturated rings. The second-order valence-corrected chi connectivity index (χ2v) is 5.76. The van der Waals surface area contributed by atoms with Crippen molar-refractivity contribution in [1.82, 2.24) is 20.2 Å². The molecule has 6 nitrogen and oxygen atoms in total. The average Bonchev–Trinajstić information content (AvgIpc) is 2.54. The van der Waals surface area contributed by atoms with Crippen LogP contribution in [0.15, 0.2) is 36.7 Å². The highest BCUT2D eigenvalue weighted by molar-refractivity contribution is 6.30. The summed E-state index contributed by atoms with van der Waals surface area (Å²) < 4.78 is 0. The first-order valence-corrected chi connectivity index (χ1v) is 7.65. The number of amides is 1. The third kappa shape index (κ3) is 5.84. The summed E-state index contributed by atoms with van der Waals surface area (Å²) >= 11 is 5.82. The van der Waals surface area contributed by atoms with E-state index in [4.69, 9.17) is 11.6 Å². The van der Waals surface area contributed by atoms with Gasteiger partial charge in [-0.05, 0) is 31.8 Å². The Kier molecular flexibility index (Phi) is 6.31. The molecule has 1 amide bonds. The summed E-state index contributed by atoms with van der Waals surface area (Å²) in [5.74, 6) is 0.397. The van der Waals surface area contributed by atoms with Crippen molar-refractivity contribution < 1.29 is 4.79 Å². The zero-order chi connectivity index (χ0) is 16.7. The van der Waals surface area contributed by atoms with E-state index in [9.17, 15) is 4.79 Å². The maximum Gasteiger partial charge on any atom is 0.271 e. The number of carbonyl (C=O) groups excluding carboxylic acids is 1. The molecule has 23 heavy (non-hydrogen) atoms. The van der Waals surface area contributed by atoms with E-state index in [1.807, 2.05) is 26.2 Å². The van der Waals surface area contributed by atoms with E-state index >= 15 is 0 Å². The van der Waals surface area contributed by atoms with Crippen molar-refractivity contribution in [2.75, 3.05) is 32.5 Å². The SMILES string of the molecule is CN(C)CCNc1cnc(C(=O)NCc2ccc(Cl)cc2)cn1. The van der Waals surface area contributed by atoms with E-state index in [1.54, 1.807) is 18.3 Å². The van der Waals surface area contributed by atoms with Gasteiger partial charge in [0.2, 0.25) is 0 Å². The molecule has 0 atom stereocenters. The summed E-state index contributed by atoms with van der Waals surface area (Å²) in [6.45, 7) is 2.08. The minimum absolute atomic E-state index is 0.257. The van der Waals surface area contributed by atoms with Crippen LogP contribution >= 0.6 is 11.6 Å². The lowest BCUT2D eigenvalue weighted by Crippen LogP contribution is -2.24. The molecule has 2 aromatic rings. The van der Waals surface area contributed by atoms with Crippen LogP contribution in [0.1, 0.15) is 16.1 Å². The van der Waals surface area contributed by atoms with Crippen LogP contribution in [0.4, 0.5) is 5.82 Å². The van der Waals surface area contributed by atoms with Gasteiger partial charge in [0, 0.05) is 24.7 Å². The monoisotopic (exact) mass is 333 g/mol. The van der Waals surface area contributed by atoms with Crippen LogP contribution in [-0.2, 0) is 6.54 Å². The predicted octanol–water partition coefficient (Wildman–Crippen LogP) is 2.03. The van der Waals surface area contributed by atoms with Crippen LogP contribution in [0.3, 0.4) is 0 Å². The van der Waals surface area contributed by atoms with Gasteiger partial charge < -0.3 is 15.5 Å². The number of nitrogens with one attached hydrogen (secondary N) is 2. The Morgan fingerprint density at radius 2 is 1.91 bits per heavy atom. The van der Waals surface area contributed by atoms with E-state index in [1.165, 1.54) is 6.20 Å². The summed E-state index contributed by atoms with van der Waals surface area (Å²) in [5.41, 5.74) is 1.26. The van der Waals surface area contributed by atoms with Gasteiger partial charge in [0.15, 0.2) is 0 Å². The number of nitrogens with zero attached hydrogens (tertiary/aromatic N) is 3. The molecule has 0 aliphatic heterocycles. The molecule has 0 radical (unpaired) electrons. The largest absolute Gasteiger partial charge is 0.368 e. The highest BCUT2D eigenvalue weighted by atomic mass is 35.5. The fourth-order valence-electron chi connectivity index (χ4n) is 1.82. The normalized spacial score (nSPS) is 10.6. The molecule has 0 saturated carbocycles. The Bertz CT molecular complexity index is 628. The van der Waals surface area contributed by atoms with Crippen molar-refractivity contribution in [2.24, 2.45) is 0 Å². The number of hydrogen-bond donors (Lipinski definition) is 2. The molecule has 0 unspecified atom stereocenters. The molecule has 1 aromatic heterocycles. The van der Waals surface area contributed by atoms with Gasteiger partial charge in [-0.1, -0.05) is 23.7 Å². The molecular formula is C16H20ClN5O. The number of likely N-dealkylation sites (N-methyl/N-ethyl adjacent to an activating group) is 1. The second kappa shape index (κ2) is 8.45. The summed E-state index contributed by atoms with van der Waals surface area (Å²) in [6.07, 6.45) is 3.03. The number of carbonyl (C=O) groups is 1. The minimum atomic E-state index is -0.257. The van der Waals surface area contributed by atoms with E-state index in [2.05, 4.69) is 25.5 Å². The molecule has 2 rings (SSSR count). The molecule has 122 valence electrons. The number of halogens is 1. The van der Waals surface area contributed by atoms with Gasteiger partial charge in [0.1, 0.15) is 11.5 Å². The first kappa shape index (κ1) is 17.2. The number of rotatable bonds is 7. The van der Waals surface area contributed by atoms with E-state index in [0.29, 0.717) is 17.4 Å². The van der Waals surface area contributed by atoms with Crippen LogP contribution < -0.4 is 10.6 Å². The van der Waals surface area contributed by atoms with Crippen LogP contribution in [0.2, 0.25) is 5.02 Å². The molecular weight excluding hydrogens is 314 g/mol. The maximum absolute atomic E-state index is 12.0. The second-order valence-electron chi connectivity index (χ2n) is 5.33. The van der Waals surface area contributed by atoms with Crippen molar-refractivity contribution in [1.29, 1.82) is 0 Å². The Morgan fingerprint density at radius 3 is 2.52 bits per heavy atom. The van der Waals surface area contributed by atoms with Gasteiger partial charge in [-0.15, -0.1) is 0 Å². The molecule has 1 aromatic carbocycles. The van der Waals surface area contributed by atoms with Gasteiger partial charge in [0.25, 0.3) is 5.91 Å². The Balaban J connectivity index is 1.83. The van der Waals surface area contributed by atoms with Gasteiger partial charge in [-0.25, -0.2) is 9.97 Å². The van der Waals surface area contributed by atoms with Crippen molar-refractivity contribution in [2.45, 2.75) is 6.54 Å². The van der Waals surface area contributed by atoms with Gasteiger partial charge >= 0.3 is 0 Å². The van der Waals surface area contributed by atoms with Crippen molar-refractivity contribution in [3.63, 3.8) is 0 Å². The number of hydrogen-bond acceptors (Lipinski definition) is 5. The van der Waals surface area contributed by atoms with E-state index < -0.39 is 0 Å². The van der Waals surface area contributed by atoms with Gasteiger partial charge in [0.05, 0.1) is 12.4 Å². The van der Waals surface area contributed by atoms with Crippen molar-refractivity contribution >= 4 is 23.3 Å². The standard InChI is InChI=1S/C16H20ClN5O/c1-22(2)8-7-18-15-11-19-14(10-20-15)16(23)21-9-12-3-5-13(17)6-4-12/h3-6,10-11H,7-9H2,1-2H3,(H,18,20)(H,21,23). The number of anilines is 1. The molecule has 0 aliphatic rings. The first-order valence-electron chi connectivity index (χ1n) is 7.28. The first-order chi connectivity index (χ1) is 11.0. The molecule has 7 heteroatoms. The average molecular weight is 334 g/mol. The molecule has 0 aliphatic carbocycles. The fraction of sp³-hybridized carbons (Fsp3) is 0.312. The number of aromatic nitrogens is 2. The van der Waals surface area contributed by atoms with Crippen LogP contribution in [-0.4, -0.2) is 48.0 Å². The van der Waals surface area contributed by atoms with Crippen LogP contribution in [0, 0.1) is 0 Å². The highest BCUT2D eigenvalue weighted by Gasteiger charge is 2.07. The Hall–Kier alpha value is -2.18. The molecule has 2 N–H and O–H groups in total. The third-order valence-electron chi connectivity index (χ3n) is 3.12. The minimum Gasteiger partial charge on any atom is -0.368 e. The third-order valence-corrected chi connectivity index (χ3v) is 3.37. The summed E-state index contributed by atoms with van der Waals surface area (Å²) in [4.78, 5) is 22.4. The molecule has 0 spiro atoms. The number of benzene rings is 1. The fourth-order valence-corrected chi connectivity index (χ4v) is 1.95. The topological polar surface area (TPSA) is 70.2 Å². The zero-order valence-corrected chi connectivity index (χ0v) is 14.0.